The number of nitrogens with zero attached hydrogens (tertiary/aromatic N) is 5. The van der Waals surface area contributed by atoms with Crippen LogP contribution in [0.3, 0.4) is 0 Å². The van der Waals surface area contributed by atoms with Crippen molar-refractivity contribution in [1.29, 1.82) is 0 Å². The van der Waals surface area contributed by atoms with E-state index in [1.807, 2.05) is 12.1 Å². The summed E-state index contributed by atoms with van der Waals surface area (Å²) < 4.78 is 8.26. The summed E-state index contributed by atoms with van der Waals surface area (Å²) in [4.78, 5) is 9.07. The van der Waals surface area contributed by atoms with Crippen LogP contribution in [0.5, 0.6) is 0 Å². The first-order chi connectivity index (χ1) is 13.5. The van der Waals surface area contributed by atoms with Crippen molar-refractivity contribution >= 4 is 22.5 Å². The van der Waals surface area contributed by atoms with E-state index in [4.69, 9.17) is 21.1 Å². The lowest BCUT2D eigenvalue weighted by Crippen LogP contribution is -2.43. The van der Waals surface area contributed by atoms with E-state index in [9.17, 15) is 0 Å². The van der Waals surface area contributed by atoms with E-state index in [1.165, 1.54) is 0 Å². The van der Waals surface area contributed by atoms with Crippen LogP contribution in [0.4, 0.5) is 0 Å². The maximum atomic E-state index is 6.20. The maximum absolute atomic E-state index is 6.20. The first-order valence-corrected chi connectivity index (χ1v) is 10.5. The highest BCUT2D eigenvalue weighted by atomic mass is 35.5. The zero-order chi connectivity index (χ0) is 19.7. The van der Waals surface area contributed by atoms with E-state index >= 15 is 0 Å². The minimum atomic E-state index is 0.291. The van der Waals surface area contributed by atoms with E-state index in [0.29, 0.717) is 11.2 Å². The van der Waals surface area contributed by atoms with Crippen LogP contribution in [0, 0.1) is 0 Å². The molecule has 6 nitrogen and oxygen atoms in total. The Morgan fingerprint density at radius 1 is 1.21 bits per heavy atom. The molecule has 28 heavy (non-hydrogen) atoms. The molecule has 1 aliphatic heterocycles. The summed E-state index contributed by atoms with van der Waals surface area (Å²) in [5, 5.41) is 6.36. The van der Waals surface area contributed by atoms with Gasteiger partial charge in [-0.3, -0.25) is 9.58 Å². The van der Waals surface area contributed by atoms with Gasteiger partial charge in [0.25, 0.3) is 0 Å². The second kappa shape index (κ2) is 8.23. The molecule has 1 aliphatic rings. The highest BCUT2D eigenvalue weighted by Gasteiger charge is 2.20. The molecule has 4 rings (SSSR count). The molecule has 1 atom stereocenters. The Morgan fingerprint density at radius 2 is 2.00 bits per heavy atom. The molecule has 0 aromatic carbocycles. The van der Waals surface area contributed by atoms with Crippen molar-refractivity contribution in [2.45, 2.75) is 39.3 Å². The topological polar surface area (TPSA) is 50.3 Å². The standard InChI is InChI=1S/C21H28ClN5O/c1-4-5-15(2)27-18-12-20(22)23-13-17(18)21(24-27)19-7-6-16(28-19)14-26-10-8-25(3)9-11-26/h6-7,12-13,15H,4-5,8-11,14H2,1-3H3. The van der Waals surface area contributed by atoms with Crippen LogP contribution in [-0.2, 0) is 6.54 Å². The number of fused-ring (bicyclic) bond motifs is 1. The summed E-state index contributed by atoms with van der Waals surface area (Å²) in [6, 6.07) is 6.28. The number of hydrogen-bond donors (Lipinski definition) is 0. The summed E-state index contributed by atoms with van der Waals surface area (Å²) in [5.74, 6) is 1.77. The minimum absolute atomic E-state index is 0.291. The Balaban J connectivity index is 1.63. The maximum Gasteiger partial charge on any atom is 0.155 e. The van der Waals surface area contributed by atoms with E-state index in [2.05, 4.69) is 46.4 Å². The molecule has 7 heteroatoms. The fourth-order valence-corrected chi connectivity index (χ4v) is 4.03. The van der Waals surface area contributed by atoms with Gasteiger partial charge >= 0.3 is 0 Å². The Kier molecular flexibility index (Phi) is 5.71. The second-order valence-corrected chi connectivity index (χ2v) is 8.19. The first-order valence-electron chi connectivity index (χ1n) is 10.1. The van der Waals surface area contributed by atoms with Gasteiger partial charge in [-0.15, -0.1) is 0 Å². The summed E-state index contributed by atoms with van der Waals surface area (Å²) in [7, 11) is 2.17. The number of aromatic nitrogens is 3. The van der Waals surface area contributed by atoms with Gasteiger partial charge in [0, 0.05) is 49.9 Å². The minimum Gasteiger partial charge on any atom is -0.458 e. The number of hydrogen-bond acceptors (Lipinski definition) is 5. The molecule has 0 saturated carbocycles. The molecule has 3 aromatic heterocycles. The normalized spacial score (nSPS) is 17.4. The Morgan fingerprint density at radius 3 is 2.75 bits per heavy atom. The van der Waals surface area contributed by atoms with Crippen LogP contribution in [0.2, 0.25) is 5.15 Å². The zero-order valence-corrected chi connectivity index (χ0v) is 17.6. The number of rotatable bonds is 6. The second-order valence-electron chi connectivity index (χ2n) is 7.80. The number of pyridine rings is 1. The van der Waals surface area contributed by atoms with Crippen molar-refractivity contribution in [3.63, 3.8) is 0 Å². The van der Waals surface area contributed by atoms with Crippen molar-refractivity contribution in [3.05, 3.63) is 35.3 Å². The van der Waals surface area contributed by atoms with Crippen LogP contribution in [-0.4, -0.2) is 57.8 Å². The lowest BCUT2D eigenvalue weighted by atomic mass is 10.2. The van der Waals surface area contributed by atoms with Crippen molar-refractivity contribution < 1.29 is 4.42 Å². The molecule has 1 saturated heterocycles. The fourth-order valence-electron chi connectivity index (χ4n) is 3.88. The number of likely N-dealkylation sites (N-methyl/N-ethyl adjacent to an activating group) is 1. The zero-order valence-electron chi connectivity index (χ0n) is 16.9. The monoisotopic (exact) mass is 401 g/mol. The van der Waals surface area contributed by atoms with Crippen LogP contribution >= 0.6 is 11.6 Å². The van der Waals surface area contributed by atoms with Crippen molar-refractivity contribution in [2.75, 3.05) is 33.2 Å². The lowest BCUT2D eigenvalue weighted by molar-refractivity contribution is 0.140. The lowest BCUT2D eigenvalue weighted by Gasteiger charge is -2.31. The van der Waals surface area contributed by atoms with Gasteiger partial charge in [0.2, 0.25) is 0 Å². The van der Waals surface area contributed by atoms with E-state index in [0.717, 1.165) is 73.7 Å². The molecule has 1 fully saturated rings. The number of furan rings is 1. The molecule has 0 aliphatic carbocycles. The van der Waals surface area contributed by atoms with Crippen molar-refractivity contribution in [3.8, 4) is 11.5 Å². The molecule has 0 bridgehead atoms. The molecule has 0 N–H and O–H groups in total. The number of halogens is 1. The van der Waals surface area contributed by atoms with E-state index in [1.54, 1.807) is 6.20 Å². The van der Waals surface area contributed by atoms with Gasteiger partial charge in [-0.1, -0.05) is 24.9 Å². The van der Waals surface area contributed by atoms with Crippen molar-refractivity contribution in [2.24, 2.45) is 0 Å². The van der Waals surface area contributed by atoms with Gasteiger partial charge in [-0.2, -0.15) is 5.10 Å². The average molecular weight is 402 g/mol. The molecule has 150 valence electrons. The van der Waals surface area contributed by atoms with Gasteiger partial charge in [0.15, 0.2) is 5.76 Å². The Labute approximate surface area is 171 Å². The third kappa shape index (κ3) is 3.95. The van der Waals surface area contributed by atoms with E-state index in [-0.39, 0.29) is 0 Å². The fraction of sp³-hybridized carbons (Fsp3) is 0.524. The Hall–Kier alpha value is -1.89. The SMILES string of the molecule is CCCC(C)n1nc(-c2ccc(CN3CCN(C)CC3)o2)c2cnc(Cl)cc21. The largest absolute Gasteiger partial charge is 0.458 e. The molecule has 4 heterocycles. The van der Waals surface area contributed by atoms with E-state index < -0.39 is 0 Å². The van der Waals surface area contributed by atoms with Crippen LogP contribution in [0.1, 0.15) is 38.5 Å². The third-order valence-corrected chi connectivity index (χ3v) is 5.76. The number of piperazine rings is 1. The summed E-state index contributed by atoms with van der Waals surface area (Å²) in [6.07, 6.45) is 3.97. The molecule has 1 unspecified atom stereocenters. The van der Waals surface area contributed by atoms with Gasteiger partial charge < -0.3 is 9.32 Å². The third-order valence-electron chi connectivity index (χ3n) is 5.55. The quantitative estimate of drug-likeness (QED) is 0.571. The van der Waals surface area contributed by atoms with Gasteiger partial charge in [-0.05, 0) is 32.5 Å². The molecular formula is C21H28ClN5O. The van der Waals surface area contributed by atoms with Crippen LogP contribution < -0.4 is 0 Å². The summed E-state index contributed by atoms with van der Waals surface area (Å²) in [5.41, 5.74) is 1.85. The predicted octanol–water partition coefficient (Wildman–Crippen LogP) is 4.45. The molecular weight excluding hydrogens is 374 g/mol. The average Bonchev–Trinajstić information content (AvgIpc) is 3.28. The van der Waals surface area contributed by atoms with Gasteiger partial charge in [0.05, 0.1) is 12.1 Å². The molecule has 0 radical (unpaired) electrons. The first kappa shape index (κ1) is 19.4. The molecule has 0 amide bonds. The predicted molar refractivity (Wildman–Crippen MR) is 113 cm³/mol. The Bertz CT molecular complexity index is 942. The van der Waals surface area contributed by atoms with Crippen LogP contribution in [0.15, 0.2) is 28.8 Å². The molecule has 3 aromatic rings. The highest BCUT2D eigenvalue weighted by molar-refractivity contribution is 6.30. The molecule has 0 spiro atoms. The summed E-state index contributed by atoms with van der Waals surface area (Å²) >= 11 is 6.17. The van der Waals surface area contributed by atoms with Crippen molar-refractivity contribution in [1.82, 2.24) is 24.6 Å². The highest BCUT2D eigenvalue weighted by Crippen LogP contribution is 2.32. The smallest absolute Gasteiger partial charge is 0.155 e. The van der Waals surface area contributed by atoms with Gasteiger partial charge in [-0.25, -0.2) is 4.98 Å². The summed E-state index contributed by atoms with van der Waals surface area (Å²) in [6.45, 7) is 9.56. The van der Waals surface area contributed by atoms with Gasteiger partial charge in [0.1, 0.15) is 16.6 Å². The van der Waals surface area contributed by atoms with Crippen LogP contribution in [0.25, 0.3) is 22.4 Å².